The third kappa shape index (κ3) is 5.20. The van der Waals surface area contributed by atoms with Crippen molar-refractivity contribution in [3.05, 3.63) is 81.8 Å². The number of amides is 1. The first kappa shape index (κ1) is 24.2. The fraction of sp³-hybridized carbons (Fsp3) is 0.321. The van der Waals surface area contributed by atoms with Crippen LogP contribution in [0.2, 0.25) is 0 Å². The highest BCUT2D eigenvalue weighted by molar-refractivity contribution is 7.11. The predicted octanol–water partition coefficient (Wildman–Crippen LogP) is 4.81. The number of methoxy groups -OCH3 is 1. The van der Waals surface area contributed by atoms with Gasteiger partial charge < -0.3 is 19.6 Å². The summed E-state index contributed by atoms with van der Waals surface area (Å²) in [4.78, 5) is 27.4. The van der Waals surface area contributed by atoms with Gasteiger partial charge in [0.25, 0.3) is 5.91 Å². The van der Waals surface area contributed by atoms with Crippen LogP contribution >= 0.6 is 11.3 Å². The second-order valence-electron chi connectivity index (χ2n) is 9.23. The number of aryl methyl sites for hydroxylation is 1. The Balaban J connectivity index is 1.55. The number of carbonyl (C=O) groups is 1. The van der Waals surface area contributed by atoms with Crippen LogP contribution in [0.3, 0.4) is 0 Å². The minimum Gasteiger partial charge on any atom is -0.497 e. The largest absolute Gasteiger partial charge is 0.497 e. The van der Waals surface area contributed by atoms with Gasteiger partial charge in [-0.1, -0.05) is 30.3 Å². The highest BCUT2D eigenvalue weighted by atomic mass is 32.1. The minimum absolute atomic E-state index is 0.0673. The van der Waals surface area contributed by atoms with E-state index in [0.717, 1.165) is 58.5 Å². The van der Waals surface area contributed by atoms with Crippen LogP contribution in [0.1, 0.15) is 39.2 Å². The second kappa shape index (κ2) is 10.6. The summed E-state index contributed by atoms with van der Waals surface area (Å²) < 4.78 is 5.30. The van der Waals surface area contributed by atoms with Gasteiger partial charge in [-0.05, 0) is 49.1 Å². The molecule has 1 amide bonds. The molecule has 7 nitrogen and oxygen atoms in total. The van der Waals surface area contributed by atoms with E-state index in [2.05, 4.69) is 35.0 Å². The summed E-state index contributed by atoms with van der Waals surface area (Å²) >= 11 is 1.34. The number of rotatable bonds is 7. The predicted molar refractivity (Wildman–Crippen MR) is 143 cm³/mol. The molecule has 0 aliphatic carbocycles. The molecule has 2 aromatic carbocycles. The number of anilines is 1. The van der Waals surface area contributed by atoms with Gasteiger partial charge in [0.05, 0.1) is 37.0 Å². The molecule has 1 aliphatic heterocycles. The van der Waals surface area contributed by atoms with Gasteiger partial charge in [-0.2, -0.15) is 0 Å². The van der Waals surface area contributed by atoms with Gasteiger partial charge in [0, 0.05) is 30.6 Å². The van der Waals surface area contributed by atoms with Crippen LogP contribution in [0.5, 0.6) is 5.75 Å². The number of benzene rings is 2. The van der Waals surface area contributed by atoms with Crippen molar-refractivity contribution >= 4 is 34.0 Å². The first-order chi connectivity index (χ1) is 17.5. The number of hydrogen-bond donors (Lipinski definition) is 1. The number of ether oxygens (including phenoxy) is 1. The molecule has 5 rings (SSSR count). The summed E-state index contributed by atoms with van der Waals surface area (Å²) in [5, 5.41) is 11.4. The van der Waals surface area contributed by atoms with Crippen molar-refractivity contribution in [3.63, 3.8) is 0 Å². The maximum Gasteiger partial charge on any atom is 0.266 e. The molecule has 1 aliphatic rings. The maximum atomic E-state index is 13.6. The third-order valence-corrected chi connectivity index (χ3v) is 7.38. The van der Waals surface area contributed by atoms with Gasteiger partial charge in [-0.25, -0.2) is 4.98 Å². The van der Waals surface area contributed by atoms with Crippen molar-refractivity contribution in [2.45, 2.75) is 39.0 Å². The Labute approximate surface area is 215 Å². The molecule has 0 spiro atoms. The zero-order valence-corrected chi connectivity index (χ0v) is 21.4. The molecule has 1 fully saturated rings. The number of fused-ring (bicyclic) bond motifs is 1. The molecule has 0 saturated carbocycles. The summed E-state index contributed by atoms with van der Waals surface area (Å²) in [5.41, 5.74) is 5.71. The average molecular weight is 503 g/mol. The lowest BCUT2D eigenvalue weighted by Crippen LogP contribution is -2.40. The first-order valence-electron chi connectivity index (χ1n) is 12.1. The van der Waals surface area contributed by atoms with Gasteiger partial charge in [0.2, 0.25) is 0 Å². The second-order valence-corrected chi connectivity index (χ2v) is 10.1. The first-order valence-corrected chi connectivity index (χ1v) is 13.0. The Hall–Kier alpha value is -3.49. The number of pyridine rings is 1. The molecule has 1 saturated heterocycles. The molecular formula is C28H30N4O3S. The van der Waals surface area contributed by atoms with E-state index < -0.39 is 0 Å². The van der Waals surface area contributed by atoms with Crippen LogP contribution in [0.15, 0.2) is 60.2 Å². The minimum atomic E-state index is -0.379. The Bertz CT molecular complexity index is 1340. The van der Waals surface area contributed by atoms with Gasteiger partial charge >= 0.3 is 0 Å². The Morgan fingerprint density at radius 1 is 1.22 bits per heavy atom. The van der Waals surface area contributed by atoms with E-state index in [-0.39, 0.29) is 12.0 Å². The summed E-state index contributed by atoms with van der Waals surface area (Å²) in [7, 11) is 1.64. The number of thiazole rings is 1. The van der Waals surface area contributed by atoms with E-state index in [4.69, 9.17) is 9.72 Å². The smallest absolute Gasteiger partial charge is 0.266 e. The number of β-amino-alcohol motifs (C(OH)–C–C–N with tert-alkyl or cyclic N) is 1. The molecule has 0 bridgehead atoms. The van der Waals surface area contributed by atoms with E-state index in [1.165, 1.54) is 11.3 Å². The molecule has 8 heteroatoms. The van der Waals surface area contributed by atoms with E-state index >= 15 is 0 Å². The van der Waals surface area contributed by atoms with Crippen molar-refractivity contribution in [2.75, 3.05) is 25.1 Å². The normalized spacial score (nSPS) is 15.8. The number of aromatic nitrogens is 2. The SMILES string of the molecule is COc1ccc(CN(Cc2cc3cccc(C)c3nc2N2CCC[C@H](O)C2)C(=O)c2cncs2)cc1. The maximum absolute atomic E-state index is 13.6. The van der Waals surface area contributed by atoms with Crippen LogP contribution in [0, 0.1) is 6.92 Å². The monoisotopic (exact) mass is 502 g/mol. The van der Waals surface area contributed by atoms with E-state index in [0.29, 0.717) is 24.5 Å². The molecule has 0 unspecified atom stereocenters. The van der Waals surface area contributed by atoms with E-state index in [1.807, 2.05) is 35.2 Å². The van der Waals surface area contributed by atoms with Gasteiger partial charge in [0.15, 0.2) is 0 Å². The summed E-state index contributed by atoms with van der Waals surface area (Å²) in [6.07, 6.45) is 2.95. The lowest BCUT2D eigenvalue weighted by molar-refractivity contribution is 0.0734. The van der Waals surface area contributed by atoms with Crippen LogP contribution in [-0.4, -0.2) is 52.2 Å². The highest BCUT2D eigenvalue weighted by Crippen LogP contribution is 2.30. The summed E-state index contributed by atoms with van der Waals surface area (Å²) in [6, 6.07) is 16.1. The van der Waals surface area contributed by atoms with Crippen molar-refractivity contribution in [3.8, 4) is 5.75 Å². The third-order valence-electron chi connectivity index (χ3n) is 6.62. The molecule has 0 radical (unpaired) electrons. The molecule has 4 aromatic rings. The van der Waals surface area contributed by atoms with Crippen LogP contribution in [-0.2, 0) is 13.1 Å². The number of carbonyl (C=O) groups excluding carboxylic acids is 1. The summed E-state index contributed by atoms with van der Waals surface area (Å²) in [6.45, 7) is 4.26. The van der Waals surface area contributed by atoms with Crippen molar-refractivity contribution in [1.29, 1.82) is 0 Å². The van der Waals surface area contributed by atoms with E-state index in [9.17, 15) is 9.90 Å². The number of piperidine rings is 1. The summed E-state index contributed by atoms with van der Waals surface area (Å²) in [5.74, 6) is 1.55. The zero-order valence-electron chi connectivity index (χ0n) is 20.6. The molecule has 2 aromatic heterocycles. The molecule has 186 valence electrons. The Morgan fingerprint density at radius 2 is 2.06 bits per heavy atom. The number of hydrogen-bond acceptors (Lipinski definition) is 7. The van der Waals surface area contributed by atoms with Crippen LogP contribution in [0.4, 0.5) is 5.82 Å². The Morgan fingerprint density at radius 3 is 2.78 bits per heavy atom. The highest BCUT2D eigenvalue weighted by Gasteiger charge is 2.25. The fourth-order valence-electron chi connectivity index (χ4n) is 4.75. The fourth-order valence-corrected chi connectivity index (χ4v) is 5.34. The van der Waals surface area contributed by atoms with Crippen molar-refractivity contribution < 1.29 is 14.6 Å². The zero-order chi connectivity index (χ0) is 25.1. The standard InChI is InChI=1S/C28H30N4O3S/c1-19-5-3-6-21-13-22(27(30-26(19)21)31-12-4-7-23(33)17-31)16-32(28(34)25-14-29-18-36-25)15-20-8-10-24(35-2)11-9-20/h3,5-6,8-11,13-14,18,23,33H,4,7,12,15-17H2,1-2H3/t23-/m0/s1. The Kier molecular flexibility index (Phi) is 7.16. The number of aliphatic hydroxyl groups is 1. The lowest BCUT2D eigenvalue weighted by atomic mass is 10.0. The lowest BCUT2D eigenvalue weighted by Gasteiger charge is -2.33. The number of aliphatic hydroxyl groups excluding tert-OH is 1. The molecule has 3 heterocycles. The van der Waals surface area contributed by atoms with E-state index in [1.54, 1.807) is 18.8 Å². The number of para-hydroxylation sites is 1. The van der Waals surface area contributed by atoms with Crippen LogP contribution < -0.4 is 9.64 Å². The van der Waals surface area contributed by atoms with Crippen molar-refractivity contribution in [1.82, 2.24) is 14.9 Å². The topological polar surface area (TPSA) is 78.8 Å². The van der Waals surface area contributed by atoms with Gasteiger partial charge in [-0.3, -0.25) is 9.78 Å². The molecule has 1 N–H and O–H groups in total. The van der Waals surface area contributed by atoms with Crippen LogP contribution in [0.25, 0.3) is 10.9 Å². The number of nitrogens with zero attached hydrogens (tertiary/aromatic N) is 4. The van der Waals surface area contributed by atoms with Gasteiger partial charge in [0.1, 0.15) is 16.4 Å². The van der Waals surface area contributed by atoms with Crippen molar-refractivity contribution in [2.24, 2.45) is 0 Å². The molecule has 36 heavy (non-hydrogen) atoms. The molecule has 1 atom stereocenters. The van der Waals surface area contributed by atoms with Gasteiger partial charge in [-0.15, -0.1) is 11.3 Å². The molecular weight excluding hydrogens is 472 g/mol. The quantitative estimate of drug-likeness (QED) is 0.391. The average Bonchev–Trinajstić information content (AvgIpc) is 3.43.